The molecule has 0 saturated heterocycles. The number of rotatable bonds is 0. The zero-order valence-corrected chi connectivity index (χ0v) is 13.0. The average molecular weight is 292 g/mol. The zero-order chi connectivity index (χ0) is 15.4. The van der Waals surface area contributed by atoms with Crippen LogP contribution in [0.2, 0.25) is 0 Å². The molecule has 5 aromatic rings. The number of benzene rings is 5. The lowest BCUT2D eigenvalue weighted by Crippen LogP contribution is -1.87. The predicted octanol–water partition coefficient (Wildman–Crippen LogP) is 6.61. The summed E-state index contributed by atoms with van der Waals surface area (Å²) >= 11 is 0. The summed E-state index contributed by atoms with van der Waals surface area (Å²) < 4.78 is 0. The minimum Gasteiger partial charge on any atom is -0.0616 e. The van der Waals surface area contributed by atoms with Crippen molar-refractivity contribution in [2.75, 3.05) is 0 Å². The van der Waals surface area contributed by atoms with Crippen LogP contribution in [0.4, 0.5) is 0 Å². The first-order chi connectivity index (χ1) is 11.3. The number of hydrogen-bond donors (Lipinski definition) is 0. The van der Waals surface area contributed by atoms with Gasteiger partial charge in [-0.2, -0.15) is 0 Å². The summed E-state index contributed by atoms with van der Waals surface area (Å²) in [6, 6.07) is 28.6. The zero-order valence-electron chi connectivity index (χ0n) is 13.0. The fourth-order valence-electron chi connectivity index (χ4n) is 3.94. The highest BCUT2D eigenvalue weighted by Crippen LogP contribution is 2.39. The molecule has 0 fully saturated rings. The van der Waals surface area contributed by atoms with Crippen molar-refractivity contribution in [1.29, 1.82) is 0 Å². The molecule has 5 aromatic carbocycles. The van der Waals surface area contributed by atoms with Crippen LogP contribution >= 0.6 is 0 Å². The van der Waals surface area contributed by atoms with Crippen LogP contribution in [0.1, 0.15) is 5.56 Å². The van der Waals surface area contributed by atoms with Crippen LogP contribution < -0.4 is 0 Å². The topological polar surface area (TPSA) is 0 Å². The Kier molecular flexibility index (Phi) is 2.51. The van der Waals surface area contributed by atoms with Gasteiger partial charge in [-0.1, -0.05) is 78.9 Å². The molecule has 0 heteroatoms. The number of fused-ring (bicyclic) bond motifs is 8. The van der Waals surface area contributed by atoms with Gasteiger partial charge in [0, 0.05) is 0 Å². The average Bonchev–Trinajstić information content (AvgIpc) is 2.61. The van der Waals surface area contributed by atoms with Crippen molar-refractivity contribution in [3.8, 4) is 0 Å². The minimum atomic E-state index is 1.31. The first-order valence-corrected chi connectivity index (χ1v) is 8.06. The number of aryl methyl sites for hydroxylation is 1. The summed E-state index contributed by atoms with van der Waals surface area (Å²) in [6.07, 6.45) is 0. The van der Waals surface area contributed by atoms with Crippen LogP contribution in [-0.4, -0.2) is 0 Å². The van der Waals surface area contributed by atoms with Gasteiger partial charge in [0.2, 0.25) is 0 Å². The van der Waals surface area contributed by atoms with Crippen LogP contribution in [0.15, 0.2) is 78.9 Å². The fourth-order valence-corrected chi connectivity index (χ4v) is 3.94. The largest absolute Gasteiger partial charge is 0.0616 e. The standard InChI is InChI=1S/C23H16/c1-15-7-6-12-20-18-10-4-5-11-19(18)21-14-13-16-8-2-3-9-17(16)23(21)22(15)20/h2-14H,1H3. The van der Waals surface area contributed by atoms with Crippen LogP contribution in [0, 0.1) is 6.92 Å². The van der Waals surface area contributed by atoms with Crippen LogP contribution in [0.5, 0.6) is 0 Å². The van der Waals surface area contributed by atoms with Gasteiger partial charge in [-0.05, 0) is 55.6 Å². The summed E-state index contributed by atoms with van der Waals surface area (Å²) in [5, 5.41) is 10.8. The van der Waals surface area contributed by atoms with Crippen molar-refractivity contribution in [3.63, 3.8) is 0 Å². The number of hydrogen-bond acceptors (Lipinski definition) is 0. The van der Waals surface area contributed by atoms with Gasteiger partial charge in [-0.15, -0.1) is 0 Å². The van der Waals surface area contributed by atoms with E-state index in [9.17, 15) is 0 Å². The van der Waals surface area contributed by atoms with E-state index in [-0.39, 0.29) is 0 Å². The molecule has 0 saturated carbocycles. The van der Waals surface area contributed by atoms with Crippen LogP contribution in [0.3, 0.4) is 0 Å². The van der Waals surface area contributed by atoms with E-state index in [1.54, 1.807) is 0 Å². The molecule has 0 bridgehead atoms. The SMILES string of the molecule is Cc1cccc2c3ccccc3c3ccc4ccccc4c3c12. The Labute approximate surface area is 135 Å². The van der Waals surface area contributed by atoms with E-state index in [2.05, 4.69) is 85.8 Å². The lowest BCUT2D eigenvalue weighted by Gasteiger charge is -2.14. The molecular formula is C23H16. The van der Waals surface area contributed by atoms with E-state index in [0.29, 0.717) is 0 Å². The molecule has 0 radical (unpaired) electrons. The highest BCUT2D eigenvalue weighted by Gasteiger charge is 2.11. The Balaban J connectivity index is 2.26. The van der Waals surface area contributed by atoms with E-state index in [0.717, 1.165) is 0 Å². The van der Waals surface area contributed by atoms with Crippen LogP contribution in [0.25, 0.3) is 43.1 Å². The van der Waals surface area contributed by atoms with Gasteiger partial charge in [0.05, 0.1) is 0 Å². The van der Waals surface area contributed by atoms with E-state index in [4.69, 9.17) is 0 Å². The molecule has 108 valence electrons. The van der Waals surface area contributed by atoms with Crippen LogP contribution in [-0.2, 0) is 0 Å². The van der Waals surface area contributed by atoms with Crippen molar-refractivity contribution in [1.82, 2.24) is 0 Å². The fraction of sp³-hybridized carbons (Fsp3) is 0.0435. The maximum atomic E-state index is 2.28. The summed E-state index contributed by atoms with van der Waals surface area (Å²) in [5.74, 6) is 0. The molecular weight excluding hydrogens is 276 g/mol. The van der Waals surface area contributed by atoms with Crippen molar-refractivity contribution in [3.05, 3.63) is 84.4 Å². The normalized spacial score (nSPS) is 11.7. The van der Waals surface area contributed by atoms with Gasteiger partial charge < -0.3 is 0 Å². The molecule has 0 amide bonds. The van der Waals surface area contributed by atoms with Crippen molar-refractivity contribution in [2.45, 2.75) is 6.92 Å². The smallest absolute Gasteiger partial charge is 0.00177 e. The molecule has 0 N–H and O–H groups in total. The first kappa shape index (κ1) is 12.7. The Bertz CT molecular complexity index is 1210. The molecule has 0 atom stereocenters. The van der Waals surface area contributed by atoms with Crippen molar-refractivity contribution < 1.29 is 0 Å². The Morgan fingerprint density at radius 2 is 1.04 bits per heavy atom. The lowest BCUT2D eigenvalue weighted by atomic mass is 9.89. The van der Waals surface area contributed by atoms with Gasteiger partial charge in [0.1, 0.15) is 0 Å². The highest BCUT2D eigenvalue weighted by atomic mass is 14.1. The third-order valence-corrected chi connectivity index (χ3v) is 4.96. The second-order valence-corrected chi connectivity index (χ2v) is 6.25. The predicted molar refractivity (Wildman–Crippen MR) is 101 cm³/mol. The maximum absolute atomic E-state index is 2.28. The van der Waals surface area contributed by atoms with E-state index in [1.165, 1.54) is 48.7 Å². The molecule has 5 rings (SSSR count). The Hall–Kier alpha value is -2.86. The van der Waals surface area contributed by atoms with E-state index in [1.807, 2.05) is 0 Å². The molecule has 0 heterocycles. The van der Waals surface area contributed by atoms with Gasteiger partial charge in [0.25, 0.3) is 0 Å². The Morgan fingerprint density at radius 3 is 1.83 bits per heavy atom. The van der Waals surface area contributed by atoms with Gasteiger partial charge >= 0.3 is 0 Å². The third-order valence-electron chi connectivity index (χ3n) is 4.96. The Morgan fingerprint density at radius 1 is 0.435 bits per heavy atom. The molecule has 0 spiro atoms. The molecule has 0 nitrogen and oxygen atoms in total. The minimum absolute atomic E-state index is 1.31. The molecule has 0 aliphatic rings. The molecule has 0 aromatic heterocycles. The molecule has 23 heavy (non-hydrogen) atoms. The van der Waals surface area contributed by atoms with E-state index < -0.39 is 0 Å². The highest BCUT2D eigenvalue weighted by molar-refractivity contribution is 6.31. The van der Waals surface area contributed by atoms with E-state index >= 15 is 0 Å². The summed E-state index contributed by atoms with van der Waals surface area (Å²) in [6.45, 7) is 2.22. The monoisotopic (exact) mass is 292 g/mol. The van der Waals surface area contributed by atoms with Gasteiger partial charge in [-0.25, -0.2) is 0 Å². The molecule has 0 aliphatic carbocycles. The molecule has 0 aliphatic heterocycles. The lowest BCUT2D eigenvalue weighted by molar-refractivity contribution is 1.55. The maximum Gasteiger partial charge on any atom is -0.00177 e. The van der Waals surface area contributed by atoms with Gasteiger partial charge in [0.15, 0.2) is 0 Å². The summed E-state index contributed by atoms with van der Waals surface area (Å²) in [7, 11) is 0. The summed E-state index contributed by atoms with van der Waals surface area (Å²) in [5.41, 5.74) is 1.34. The molecule has 0 unspecified atom stereocenters. The second-order valence-electron chi connectivity index (χ2n) is 6.25. The van der Waals surface area contributed by atoms with Crippen molar-refractivity contribution in [2.24, 2.45) is 0 Å². The van der Waals surface area contributed by atoms with Crippen molar-refractivity contribution >= 4 is 43.1 Å². The quantitative estimate of drug-likeness (QED) is 0.282. The van der Waals surface area contributed by atoms with Gasteiger partial charge in [-0.3, -0.25) is 0 Å². The third kappa shape index (κ3) is 1.66. The summed E-state index contributed by atoms with van der Waals surface area (Å²) in [4.78, 5) is 0. The first-order valence-electron chi connectivity index (χ1n) is 8.06. The second kappa shape index (κ2) is 4.57.